The van der Waals surface area contributed by atoms with Gasteiger partial charge in [-0.2, -0.15) is 0 Å². The monoisotopic (exact) mass is 420 g/mol. The van der Waals surface area contributed by atoms with Gasteiger partial charge in [0.15, 0.2) is 17.3 Å². The van der Waals surface area contributed by atoms with Crippen LogP contribution < -0.4 is 16.9 Å². The molecule has 1 fully saturated rings. The molecule has 2 aromatic rings. The lowest BCUT2D eigenvalue weighted by Crippen LogP contribution is -2.46. The average Bonchev–Trinajstić information content (AvgIpc) is 3.34. The zero-order valence-corrected chi connectivity index (χ0v) is 16.5. The maximum Gasteiger partial charge on any atom is 0.274 e. The molecular weight excluding hydrogens is 400 g/mol. The van der Waals surface area contributed by atoms with E-state index in [-0.39, 0.29) is 33.4 Å². The van der Waals surface area contributed by atoms with E-state index in [0.717, 1.165) is 6.42 Å². The fourth-order valence-corrected chi connectivity index (χ4v) is 3.99. The highest BCUT2D eigenvalue weighted by Gasteiger charge is 2.37. The van der Waals surface area contributed by atoms with Gasteiger partial charge >= 0.3 is 0 Å². The highest BCUT2D eigenvalue weighted by Crippen LogP contribution is 2.32. The number of hydrazine groups is 1. The molecule has 5 N–H and O–H groups in total. The molecule has 0 bridgehead atoms. The predicted molar refractivity (Wildman–Crippen MR) is 110 cm³/mol. The van der Waals surface area contributed by atoms with Gasteiger partial charge in [-0.05, 0) is 31.5 Å². The molecule has 1 saturated heterocycles. The summed E-state index contributed by atoms with van der Waals surface area (Å²) in [5.74, 6) is 2.47. The first-order chi connectivity index (χ1) is 14.8. The van der Waals surface area contributed by atoms with Crippen molar-refractivity contribution in [2.24, 2.45) is 11.6 Å². The van der Waals surface area contributed by atoms with Crippen LogP contribution in [0, 0.1) is 0 Å². The maximum atomic E-state index is 13.2. The Balaban J connectivity index is 1.91. The number of nitrogens with two attached hydrogens (primary N) is 2. The number of carbonyl (C=O) groups is 5. The molecular formula is C22H20N4O5. The number of nitrogens with zero attached hydrogens (tertiary/aromatic N) is 1. The van der Waals surface area contributed by atoms with Crippen molar-refractivity contribution < 1.29 is 24.0 Å². The Hall–Kier alpha value is -3.53. The predicted octanol–water partition coefficient (Wildman–Crippen LogP) is 0.198. The minimum atomic E-state index is -0.925. The van der Waals surface area contributed by atoms with Crippen LogP contribution in [-0.2, 0) is 4.79 Å². The van der Waals surface area contributed by atoms with Crippen molar-refractivity contribution in [3.63, 3.8) is 0 Å². The van der Waals surface area contributed by atoms with Crippen LogP contribution in [0.3, 0.4) is 0 Å². The first kappa shape index (κ1) is 20.7. The Labute approximate surface area is 177 Å². The van der Waals surface area contributed by atoms with Crippen LogP contribution in [0.2, 0.25) is 0 Å². The van der Waals surface area contributed by atoms with Crippen molar-refractivity contribution in [2.75, 3.05) is 13.1 Å². The highest BCUT2D eigenvalue weighted by molar-refractivity contribution is 6.31. The van der Waals surface area contributed by atoms with E-state index in [1.807, 2.05) is 0 Å². The van der Waals surface area contributed by atoms with Crippen molar-refractivity contribution in [3.05, 3.63) is 69.8 Å². The Morgan fingerprint density at radius 2 is 1.71 bits per heavy atom. The molecule has 1 aliphatic carbocycles. The third kappa shape index (κ3) is 3.38. The molecule has 1 aliphatic heterocycles. The van der Waals surface area contributed by atoms with Crippen molar-refractivity contribution in [1.29, 1.82) is 0 Å². The number of hydrogen-bond acceptors (Lipinski definition) is 8. The number of Topliss-reactive ketones (excluding diaryl/α,β-unsaturated/α-hetero) is 1. The molecule has 2 amide bonds. The summed E-state index contributed by atoms with van der Waals surface area (Å²) in [4.78, 5) is 64.2. The van der Waals surface area contributed by atoms with Crippen LogP contribution >= 0.6 is 0 Å². The largest absolute Gasteiger partial charge is 0.322 e. The number of rotatable bonds is 4. The van der Waals surface area contributed by atoms with Crippen LogP contribution in [0.15, 0.2) is 36.4 Å². The lowest BCUT2D eigenvalue weighted by atomic mass is 9.79. The van der Waals surface area contributed by atoms with Gasteiger partial charge in [-0.15, -0.1) is 0 Å². The normalized spacial score (nSPS) is 17.2. The summed E-state index contributed by atoms with van der Waals surface area (Å²) < 4.78 is 0. The summed E-state index contributed by atoms with van der Waals surface area (Å²) in [5, 5.41) is 3.41. The second kappa shape index (κ2) is 7.95. The van der Waals surface area contributed by atoms with Crippen molar-refractivity contribution >= 4 is 29.2 Å². The molecule has 9 heteroatoms. The number of fused-ring (bicyclic) bond motifs is 2. The number of amides is 2. The quantitative estimate of drug-likeness (QED) is 0.234. The van der Waals surface area contributed by atoms with E-state index in [2.05, 4.69) is 5.32 Å². The molecule has 31 heavy (non-hydrogen) atoms. The third-order valence-electron chi connectivity index (χ3n) is 5.58. The minimum absolute atomic E-state index is 0.0346. The molecule has 0 aromatic heterocycles. The van der Waals surface area contributed by atoms with Crippen LogP contribution in [0.1, 0.15) is 65.4 Å². The minimum Gasteiger partial charge on any atom is -0.322 e. The van der Waals surface area contributed by atoms with Crippen molar-refractivity contribution in [2.45, 2.75) is 18.9 Å². The van der Waals surface area contributed by atoms with E-state index in [0.29, 0.717) is 18.0 Å². The topological polar surface area (TPSA) is 153 Å². The zero-order valence-electron chi connectivity index (χ0n) is 16.5. The molecule has 4 rings (SSSR count). The first-order valence-corrected chi connectivity index (χ1v) is 9.81. The Bertz CT molecular complexity index is 1150. The SMILES string of the molecule is NCC(=O)N(N)C(=O)c1cc2c(c(C(=O)[C@@H]3CCCN3)c1)C(=O)c1ccccc1C2=O. The van der Waals surface area contributed by atoms with Gasteiger partial charge in [-0.25, -0.2) is 10.9 Å². The van der Waals surface area contributed by atoms with Gasteiger partial charge in [0.2, 0.25) is 0 Å². The molecule has 0 saturated carbocycles. The van der Waals surface area contributed by atoms with Gasteiger partial charge in [0.1, 0.15) is 0 Å². The Morgan fingerprint density at radius 1 is 1.03 bits per heavy atom. The van der Waals surface area contributed by atoms with Gasteiger partial charge in [-0.3, -0.25) is 24.0 Å². The smallest absolute Gasteiger partial charge is 0.274 e. The third-order valence-corrected chi connectivity index (χ3v) is 5.58. The molecule has 158 valence electrons. The van der Waals surface area contributed by atoms with E-state index in [1.54, 1.807) is 12.1 Å². The van der Waals surface area contributed by atoms with Crippen molar-refractivity contribution in [1.82, 2.24) is 10.3 Å². The number of carbonyl (C=O) groups excluding carboxylic acids is 5. The van der Waals surface area contributed by atoms with E-state index in [9.17, 15) is 24.0 Å². The van der Waals surface area contributed by atoms with Gasteiger partial charge in [0.05, 0.1) is 12.6 Å². The fourth-order valence-electron chi connectivity index (χ4n) is 3.99. The lowest BCUT2D eigenvalue weighted by Gasteiger charge is -2.23. The summed E-state index contributed by atoms with van der Waals surface area (Å²) in [6, 6.07) is 8.20. The van der Waals surface area contributed by atoms with Gasteiger partial charge in [0.25, 0.3) is 11.8 Å². The summed E-state index contributed by atoms with van der Waals surface area (Å²) in [6.45, 7) is 0.157. The fraction of sp³-hybridized carbons (Fsp3) is 0.227. The first-order valence-electron chi connectivity index (χ1n) is 9.81. The molecule has 1 heterocycles. The standard InChI is InChI=1S/C22H20N4O5/c23-10-17(27)26(24)22(31)11-8-14-18(15(9-11)20(29)16-6-3-7-25-16)21(30)13-5-2-1-4-12(13)19(14)28/h1-2,4-5,8-9,16,25H,3,6-7,10,23-24H2/t16-/m0/s1. The summed E-state index contributed by atoms with van der Waals surface area (Å²) >= 11 is 0. The average molecular weight is 420 g/mol. The van der Waals surface area contributed by atoms with Crippen molar-refractivity contribution in [3.8, 4) is 0 Å². The second-order valence-electron chi connectivity index (χ2n) is 7.44. The number of ketones is 3. The second-order valence-corrected chi connectivity index (χ2v) is 7.44. The van der Waals surface area contributed by atoms with E-state index in [4.69, 9.17) is 11.6 Å². The summed E-state index contributed by atoms with van der Waals surface area (Å²) in [7, 11) is 0. The van der Waals surface area contributed by atoms with Gasteiger partial charge < -0.3 is 11.1 Å². The zero-order chi connectivity index (χ0) is 22.3. The number of imide groups is 1. The van der Waals surface area contributed by atoms with E-state index < -0.39 is 41.8 Å². The molecule has 1 atom stereocenters. The molecule has 0 radical (unpaired) electrons. The number of hydrogen-bond donors (Lipinski definition) is 3. The van der Waals surface area contributed by atoms with Crippen LogP contribution in [0.5, 0.6) is 0 Å². The van der Waals surface area contributed by atoms with Crippen LogP contribution in [0.4, 0.5) is 0 Å². The number of nitrogens with one attached hydrogen (secondary N) is 1. The van der Waals surface area contributed by atoms with Crippen LogP contribution in [-0.4, -0.2) is 53.3 Å². The maximum absolute atomic E-state index is 13.2. The van der Waals surface area contributed by atoms with Gasteiger partial charge in [0, 0.05) is 33.4 Å². The number of benzene rings is 2. The summed E-state index contributed by atoms with van der Waals surface area (Å²) in [6.07, 6.45) is 1.35. The Kier molecular flexibility index (Phi) is 5.32. The van der Waals surface area contributed by atoms with E-state index in [1.165, 1.54) is 24.3 Å². The van der Waals surface area contributed by atoms with E-state index >= 15 is 0 Å². The molecule has 0 unspecified atom stereocenters. The van der Waals surface area contributed by atoms with Gasteiger partial charge in [-0.1, -0.05) is 24.3 Å². The molecule has 2 aromatic carbocycles. The molecule has 9 nitrogen and oxygen atoms in total. The highest BCUT2D eigenvalue weighted by atomic mass is 16.2. The Morgan fingerprint density at radius 3 is 2.32 bits per heavy atom. The lowest BCUT2D eigenvalue weighted by molar-refractivity contribution is -0.127. The molecule has 2 aliphatic rings. The molecule has 0 spiro atoms. The summed E-state index contributed by atoms with van der Waals surface area (Å²) in [5.41, 5.74) is 5.37. The van der Waals surface area contributed by atoms with Crippen LogP contribution in [0.25, 0.3) is 0 Å².